The number of nitrogens with one attached hydrogen (secondary N) is 2. The minimum atomic E-state index is -1.10. The summed E-state index contributed by atoms with van der Waals surface area (Å²) in [5, 5.41) is 14.9. The molecule has 3 aromatic carbocycles. The van der Waals surface area contributed by atoms with Crippen molar-refractivity contribution in [1.82, 2.24) is 5.32 Å². The maximum absolute atomic E-state index is 12.4. The van der Waals surface area contributed by atoms with Crippen LogP contribution < -0.4 is 20.1 Å². The number of rotatable bonds is 9. The van der Waals surface area contributed by atoms with Crippen LogP contribution in [0.1, 0.15) is 48.5 Å². The van der Waals surface area contributed by atoms with Crippen molar-refractivity contribution >= 4 is 23.5 Å². The van der Waals surface area contributed by atoms with Gasteiger partial charge in [-0.25, -0.2) is 4.79 Å². The van der Waals surface area contributed by atoms with Crippen LogP contribution in [0.3, 0.4) is 0 Å². The molecule has 0 aromatic heterocycles. The van der Waals surface area contributed by atoms with E-state index in [-0.39, 0.29) is 41.6 Å². The first-order valence-electron chi connectivity index (χ1n) is 12.3. The van der Waals surface area contributed by atoms with Crippen LogP contribution in [0.2, 0.25) is 0 Å². The number of anilines is 1. The lowest BCUT2D eigenvalue weighted by Gasteiger charge is -2.32. The number of carbonyl (C=O) groups is 3. The molecule has 8 nitrogen and oxygen atoms in total. The number of aromatic carboxylic acids is 1. The number of amides is 2. The van der Waals surface area contributed by atoms with Crippen LogP contribution in [0.15, 0.2) is 72.8 Å². The van der Waals surface area contributed by atoms with Gasteiger partial charge in [-0.05, 0) is 73.4 Å². The molecule has 3 aromatic rings. The van der Waals surface area contributed by atoms with E-state index in [0.717, 1.165) is 37.0 Å². The van der Waals surface area contributed by atoms with E-state index < -0.39 is 5.97 Å². The van der Waals surface area contributed by atoms with Crippen molar-refractivity contribution in [3.8, 4) is 17.2 Å². The third-order valence-corrected chi connectivity index (χ3v) is 6.16. The zero-order chi connectivity index (χ0) is 26.2. The molecule has 3 N–H and O–H groups in total. The van der Waals surface area contributed by atoms with Crippen molar-refractivity contribution < 1.29 is 29.0 Å². The summed E-state index contributed by atoms with van der Waals surface area (Å²) in [5.41, 5.74) is 1.08. The Bertz CT molecular complexity index is 1240. The number of carboxylic acid groups (broad SMARTS) is 1. The molecule has 0 radical (unpaired) electrons. The van der Waals surface area contributed by atoms with Gasteiger partial charge in [-0.3, -0.25) is 9.59 Å². The van der Waals surface area contributed by atoms with Crippen LogP contribution in [-0.4, -0.2) is 35.0 Å². The molecule has 1 fully saturated rings. The quantitative estimate of drug-likeness (QED) is 0.371. The highest BCUT2D eigenvalue weighted by molar-refractivity contribution is 6.01. The fourth-order valence-electron chi connectivity index (χ4n) is 4.39. The van der Waals surface area contributed by atoms with Gasteiger partial charge >= 0.3 is 5.97 Å². The normalized spacial score (nSPS) is 16.9. The Labute approximate surface area is 215 Å². The highest BCUT2D eigenvalue weighted by Crippen LogP contribution is 2.28. The van der Waals surface area contributed by atoms with E-state index in [4.69, 9.17) is 9.47 Å². The van der Waals surface area contributed by atoms with Crippen molar-refractivity contribution in [3.63, 3.8) is 0 Å². The second-order valence-electron chi connectivity index (χ2n) is 9.04. The molecule has 2 atom stereocenters. The molecule has 1 aliphatic carbocycles. The molecule has 2 amide bonds. The number of para-hydroxylation sites is 1. The largest absolute Gasteiger partial charge is 0.488 e. The van der Waals surface area contributed by atoms with Gasteiger partial charge in [0, 0.05) is 6.92 Å². The second kappa shape index (κ2) is 12.1. The van der Waals surface area contributed by atoms with Gasteiger partial charge in [0.25, 0.3) is 0 Å². The van der Waals surface area contributed by atoms with E-state index >= 15 is 0 Å². The Morgan fingerprint density at radius 1 is 0.865 bits per heavy atom. The van der Waals surface area contributed by atoms with Gasteiger partial charge in [0.1, 0.15) is 23.4 Å². The van der Waals surface area contributed by atoms with Gasteiger partial charge in [-0.1, -0.05) is 30.7 Å². The van der Waals surface area contributed by atoms with Gasteiger partial charge in [0.15, 0.2) is 0 Å². The standard InChI is InChI=1S/C29H30N2O6/c1-19(32)30-26-8-4-5-9-27(26)37-23-16-14-22(15-17-23)36-21-12-10-20(11-13-21)18-28(33)31-25-7-3-2-6-24(25)29(34)35/h2-3,6-7,10-17,26-27H,4-5,8-9,18H2,1H3,(H,30,32)(H,31,33)(H,34,35). The summed E-state index contributed by atoms with van der Waals surface area (Å²) in [6.45, 7) is 1.53. The van der Waals surface area contributed by atoms with E-state index in [1.54, 1.807) is 42.5 Å². The summed E-state index contributed by atoms with van der Waals surface area (Å²) in [7, 11) is 0. The molecule has 192 valence electrons. The Morgan fingerprint density at radius 3 is 2.16 bits per heavy atom. The van der Waals surface area contributed by atoms with Crippen LogP contribution in [0.4, 0.5) is 5.69 Å². The number of hydrogen-bond donors (Lipinski definition) is 3. The smallest absolute Gasteiger partial charge is 0.337 e. The first-order valence-corrected chi connectivity index (χ1v) is 12.3. The monoisotopic (exact) mass is 502 g/mol. The SMILES string of the molecule is CC(=O)NC1CCCCC1Oc1ccc(Oc2ccc(CC(=O)Nc3ccccc3C(=O)O)cc2)cc1. The highest BCUT2D eigenvalue weighted by Gasteiger charge is 2.27. The molecule has 1 saturated carbocycles. The van der Waals surface area contributed by atoms with E-state index in [1.165, 1.54) is 13.0 Å². The summed E-state index contributed by atoms with van der Waals surface area (Å²) in [4.78, 5) is 35.2. The zero-order valence-corrected chi connectivity index (χ0v) is 20.6. The van der Waals surface area contributed by atoms with E-state index in [2.05, 4.69) is 10.6 Å². The van der Waals surface area contributed by atoms with Crippen LogP contribution in [0.5, 0.6) is 17.2 Å². The molecule has 4 rings (SSSR count). The van der Waals surface area contributed by atoms with Crippen molar-refractivity contribution in [2.24, 2.45) is 0 Å². The summed E-state index contributed by atoms with van der Waals surface area (Å²) < 4.78 is 12.1. The number of hydrogen-bond acceptors (Lipinski definition) is 5. The van der Waals surface area contributed by atoms with E-state index in [9.17, 15) is 19.5 Å². The van der Waals surface area contributed by atoms with E-state index in [1.807, 2.05) is 24.3 Å². The minimum Gasteiger partial charge on any atom is -0.488 e. The Hall–Kier alpha value is -4.33. The van der Waals surface area contributed by atoms with Crippen LogP contribution in [0.25, 0.3) is 0 Å². The molecule has 2 unspecified atom stereocenters. The molecular formula is C29H30N2O6. The van der Waals surface area contributed by atoms with Crippen molar-refractivity contribution in [2.45, 2.75) is 51.2 Å². The Balaban J connectivity index is 1.30. The maximum atomic E-state index is 12.4. The highest BCUT2D eigenvalue weighted by atomic mass is 16.5. The van der Waals surface area contributed by atoms with Crippen molar-refractivity contribution in [3.05, 3.63) is 83.9 Å². The molecule has 1 aliphatic rings. The number of ether oxygens (including phenoxy) is 2. The lowest BCUT2D eigenvalue weighted by molar-refractivity contribution is -0.120. The van der Waals surface area contributed by atoms with Crippen molar-refractivity contribution in [2.75, 3.05) is 5.32 Å². The van der Waals surface area contributed by atoms with Gasteiger partial charge in [0.2, 0.25) is 11.8 Å². The molecular weight excluding hydrogens is 472 g/mol. The predicted molar refractivity (Wildman–Crippen MR) is 139 cm³/mol. The summed E-state index contributed by atoms with van der Waals surface area (Å²) >= 11 is 0. The van der Waals surface area contributed by atoms with Crippen molar-refractivity contribution in [1.29, 1.82) is 0 Å². The Kier molecular flexibility index (Phi) is 8.40. The average Bonchev–Trinajstić information content (AvgIpc) is 2.87. The third-order valence-electron chi connectivity index (χ3n) is 6.16. The Morgan fingerprint density at radius 2 is 1.49 bits per heavy atom. The van der Waals surface area contributed by atoms with Gasteiger partial charge in [-0.2, -0.15) is 0 Å². The van der Waals surface area contributed by atoms with Gasteiger partial charge in [0.05, 0.1) is 23.7 Å². The average molecular weight is 503 g/mol. The van der Waals surface area contributed by atoms with Crippen LogP contribution in [0, 0.1) is 0 Å². The number of benzene rings is 3. The maximum Gasteiger partial charge on any atom is 0.337 e. The first kappa shape index (κ1) is 25.8. The molecule has 0 heterocycles. The van der Waals surface area contributed by atoms with Gasteiger partial charge in [-0.15, -0.1) is 0 Å². The topological polar surface area (TPSA) is 114 Å². The number of carbonyl (C=O) groups excluding carboxylic acids is 2. The second-order valence-corrected chi connectivity index (χ2v) is 9.04. The lowest BCUT2D eigenvalue weighted by atomic mass is 9.92. The first-order chi connectivity index (χ1) is 17.9. The lowest BCUT2D eigenvalue weighted by Crippen LogP contribution is -2.46. The van der Waals surface area contributed by atoms with Gasteiger partial charge < -0.3 is 25.2 Å². The fraction of sp³-hybridized carbons (Fsp3) is 0.276. The van der Waals surface area contributed by atoms with Crippen LogP contribution in [-0.2, 0) is 16.0 Å². The third kappa shape index (κ3) is 7.33. The molecule has 0 aliphatic heterocycles. The fourth-order valence-corrected chi connectivity index (χ4v) is 4.39. The molecule has 8 heteroatoms. The summed E-state index contributed by atoms with van der Waals surface area (Å²) in [5.74, 6) is 0.536. The predicted octanol–water partition coefficient (Wildman–Crippen LogP) is 5.18. The number of carboxylic acids is 1. The molecule has 0 bridgehead atoms. The summed E-state index contributed by atoms with van der Waals surface area (Å²) in [6.07, 6.45) is 4.03. The van der Waals surface area contributed by atoms with Crippen LogP contribution >= 0.6 is 0 Å². The summed E-state index contributed by atoms with van der Waals surface area (Å²) in [6, 6.07) is 20.8. The van der Waals surface area contributed by atoms with E-state index in [0.29, 0.717) is 11.5 Å². The minimum absolute atomic E-state index is 0.0229. The molecule has 0 spiro atoms. The molecule has 37 heavy (non-hydrogen) atoms. The zero-order valence-electron chi connectivity index (χ0n) is 20.6. The molecule has 0 saturated heterocycles.